The minimum atomic E-state index is -0.0709. The van der Waals surface area contributed by atoms with E-state index in [1.165, 1.54) is 6.92 Å². The number of carbonyl (C=O) groups is 1. The van der Waals surface area contributed by atoms with Gasteiger partial charge in [-0.2, -0.15) is 0 Å². The SMILES string of the molecule is CC.CC(=O)c1cc(Cl)ccc1Oc1ccccc1. The highest BCUT2D eigenvalue weighted by Gasteiger charge is 2.09. The number of hydrogen-bond acceptors (Lipinski definition) is 2. The summed E-state index contributed by atoms with van der Waals surface area (Å²) in [5.41, 5.74) is 0.487. The summed E-state index contributed by atoms with van der Waals surface area (Å²) in [4.78, 5) is 11.5. The van der Waals surface area contributed by atoms with Gasteiger partial charge in [-0.3, -0.25) is 4.79 Å². The first-order chi connectivity index (χ1) is 9.16. The zero-order chi connectivity index (χ0) is 14.3. The maximum Gasteiger partial charge on any atom is 0.163 e. The van der Waals surface area contributed by atoms with Crippen molar-refractivity contribution in [3.63, 3.8) is 0 Å². The molecule has 2 rings (SSSR count). The van der Waals surface area contributed by atoms with Gasteiger partial charge < -0.3 is 4.74 Å². The molecule has 0 spiro atoms. The lowest BCUT2D eigenvalue weighted by Crippen LogP contribution is -1.96. The van der Waals surface area contributed by atoms with Crippen LogP contribution >= 0.6 is 11.6 Å². The molecule has 0 radical (unpaired) electrons. The average Bonchev–Trinajstić information content (AvgIpc) is 2.44. The van der Waals surface area contributed by atoms with E-state index in [0.717, 1.165) is 0 Å². The van der Waals surface area contributed by atoms with E-state index in [2.05, 4.69) is 0 Å². The van der Waals surface area contributed by atoms with Crippen molar-refractivity contribution in [3.8, 4) is 11.5 Å². The summed E-state index contributed by atoms with van der Waals surface area (Å²) in [5, 5.41) is 0.524. The van der Waals surface area contributed by atoms with E-state index in [9.17, 15) is 4.79 Å². The second kappa shape index (κ2) is 7.59. The minimum absolute atomic E-state index is 0.0709. The van der Waals surface area contributed by atoms with Crippen LogP contribution in [0.15, 0.2) is 48.5 Å². The Kier molecular flexibility index (Phi) is 6.10. The third-order valence-corrected chi connectivity index (χ3v) is 2.53. The molecule has 0 amide bonds. The van der Waals surface area contributed by atoms with Gasteiger partial charge in [0.25, 0.3) is 0 Å². The molecule has 0 fully saturated rings. The van der Waals surface area contributed by atoms with Crippen molar-refractivity contribution < 1.29 is 9.53 Å². The third-order valence-electron chi connectivity index (χ3n) is 2.29. The average molecular weight is 277 g/mol. The fourth-order valence-corrected chi connectivity index (χ4v) is 1.65. The highest BCUT2D eigenvalue weighted by molar-refractivity contribution is 6.31. The molecule has 0 saturated heterocycles. The summed E-state index contributed by atoms with van der Waals surface area (Å²) in [6.45, 7) is 5.49. The molecule has 3 heteroatoms. The van der Waals surface area contributed by atoms with Crippen LogP contribution in [0.4, 0.5) is 0 Å². The number of hydrogen-bond donors (Lipinski definition) is 0. The fraction of sp³-hybridized carbons (Fsp3) is 0.188. The summed E-state index contributed by atoms with van der Waals surface area (Å²) in [7, 11) is 0. The first-order valence-electron chi connectivity index (χ1n) is 6.20. The van der Waals surface area contributed by atoms with Crippen molar-refractivity contribution >= 4 is 17.4 Å². The molecule has 2 aromatic rings. The fourth-order valence-electron chi connectivity index (χ4n) is 1.48. The lowest BCUT2D eigenvalue weighted by atomic mass is 10.1. The van der Waals surface area contributed by atoms with Crippen molar-refractivity contribution in [3.05, 3.63) is 59.1 Å². The molecule has 0 aliphatic heterocycles. The molecular weight excluding hydrogens is 260 g/mol. The largest absolute Gasteiger partial charge is 0.457 e. The molecule has 0 saturated carbocycles. The second-order valence-electron chi connectivity index (χ2n) is 3.61. The monoisotopic (exact) mass is 276 g/mol. The molecule has 0 aliphatic carbocycles. The van der Waals surface area contributed by atoms with E-state index in [1.807, 2.05) is 44.2 Å². The number of ketones is 1. The van der Waals surface area contributed by atoms with Crippen molar-refractivity contribution in [2.24, 2.45) is 0 Å². The number of Topliss-reactive ketones (excluding diaryl/α,β-unsaturated/α-hetero) is 1. The number of ether oxygens (including phenoxy) is 1. The minimum Gasteiger partial charge on any atom is -0.457 e. The molecule has 100 valence electrons. The normalized spacial score (nSPS) is 9.26. The van der Waals surface area contributed by atoms with Crippen molar-refractivity contribution in [1.29, 1.82) is 0 Å². The Bertz CT molecular complexity index is 536. The van der Waals surface area contributed by atoms with E-state index in [1.54, 1.807) is 18.2 Å². The molecule has 0 bridgehead atoms. The number of para-hydroxylation sites is 1. The molecule has 19 heavy (non-hydrogen) atoms. The maximum atomic E-state index is 11.5. The summed E-state index contributed by atoms with van der Waals surface area (Å²) in [6, 6.07) is 14.3. The second-order valence-corrected chi connectivity index (χ2v) is 4.05. The van der Waals surface area contributed by atoms with Crippen molar-refractivity contribution in [1.82, 2.24) is 0 Å². The van der Waals surface area contributed by atoms with Gasteiger partial charge in [0.1, 0.15) is 11.5 Å². The Hall–Kier alpha value is -1.80. The number of rotatable bonds is 3. The van der Waals surface area contributed by atoms with Gasteiger partial charge in [-0.15, -0.1) is 0 Å². The van der Waals surface area contributed by atoms with E-state index in [-0.39, 0.29) is 5.78 Å². The van der Waals surface area contributed by atoms with Crippen LogP contribution < -0.4 is 4.74 Å². The maximum absolute atomic E-state index is 11.5. The smallest absolute Gasteiger partial charge is 0.163 e. The van der Waals surface area contributed by atoms with Crippen LogP contribution in [0.5, 0.6) is 11.5 Å². The summed E-state index contributed by atoms with van der Waals surface area (Å²) >= 11 is 5.86. The zero-order valence-corrected chi connectivity index (χ0v) is 12.1. The highest BCUT2D eigenvalue weighted by Crippen LogP contribution is 2.28. The molecule has 0 unspecified atom stereocenters. The van der Waals surface area contributed by atoms with Crippen LogP contribution in [-0.4, -0.2) is 5.78 Å². The molecule has 0 aromatic heterocycles. The van der Waals surface area contributed by atoms with Gasteiger partial charge in [-0.05, 0) is 37.3 Å². The van der Waals surface area contributed by atoms with Crippen LogP contribution in [-0.2, 0) is 0 Å². The molecule has 0 atom stereocenters. The van der Waals surface area contributed by atoms with Crippen LogP contribution in [0.2, 0.25) is 5.02 Å². The Balaban J connectivity index is 0.000000861. The van der Waals surface area contributed by atoms with Gasteiger partial charge >= 0.3 is 0 Å². The molecule has 0 N–H and O–H groups in total. The van der Waals surface area contributed by atoms with E-state index in [0.29, 0.717) is 22.1 Å². The predicted molar refractivity (Wildman–Crippen MR) is 79.3 cm³/mol. The van der Waals surface area contributed by atoms with E-state index < -0.39 is 0 Å². The summed E-state index contributed by atoms with van der Waals surface area (Å²) < 4.78 is 5.65. The molecule has 0 heterocycles. The zero-order valence-electron chi connectivity index (χ0n) is 11.3. The van der Waals surface area contributed by atoms with Crippen LogP contribution in [0.25, 0.3) is 0 Å². The van der Waals surface area contributed by atoms with Gasteiger partial charge in [0.05, 0.1) is 5.56 Å². The summed E-state index contributed by atoms with van der Waals surface area (Å²) in [6.07, 6.45) is 0. The molecule has 0 aliphatic rings. The lowest BCUT2D eigenvalue weighted by Gasteiger charge is -2.09. The summed E-state index contributed by atoms with van der Waals surface area (Å²) in [5.74, 6) is 1.14. The number of benzene rings is 2. The Morgan fingerprint density at radius 2 is 1.68 bits per heavy atom. The van der Waals surface area contributed by atoms with Gasteiger partial charge in [-0.25, -0.2) is 0 Å². The van der Waals surface area contributed by atoms with Gasteiger partial charge in [0, 0.05) is 5.02 Å². The molecular formula is C16H17ClO2. The van der Waals surface area contributed by atoms with Crippen LogP contribution in [0.1, 0.15) is 31.1 Å². The first kappa shape index (κ1) is 15.3. The van der Waals surface area contributed by atoms with Gasteiger partial charge in [0.15, 0.2) is 5.78 Å². The Morgan fingerprint density at radius 3 is 2.26 bits per heavy atom. The van der Waals surface area contributed by atoms with Crippen LogP contribution in [0.3, 0.4) is 0 Å². The van der Waals surface area contributed by atoms with Crippen molar-refractivity contribution in [2.75, 3.05) is 0 Å². The topological polar surface area (TPSA) is 26.3 Å². The van der Waals surface area contributed by atoms with E-state index >= 15 is 0 Å². The predicted octanol–water partition coefficient (Wildman–Crippen LogP) is 5.36. The van der Waals surface area contributed by atoms with Gasteiger partial charge in [0.2, 0.25) is 0 Å². The highest BCUT2D eigenvalue weighted by atomic mass is 35.5. The van der Waals surface area contributed by atoms with E-state index in [4.69, 9.17) is 16.3 Å². The number of carbonyl (C=O) groups excluding carboxylic acids is 1. The third kappa shape index (κ3) is 4.42. The Labute approximate surface area is 119 Å². The quantitative estimate of drug-likeness (QED) is 0.705. The Morgan fingerprint density at radius 1 is 1.05 bits per heavy atom. The first-order valence-corrected chi connectivity index (χ1v) is 6.58. The molecule has 2 aromatic carbocycles. The lowest BCUT2D eigenvalue weighted by molar-refractivity contribution is 0.101. The standard InChI is InChI=1S/C14H11ClO2.C2H6/c1-10(16)13-9-11(15)7-8-14(13)17-12-5-3-2-4-6-12;1-2/h2-9H,1H3;1-2H3. The van der Waals surface area contributed by atoms with Gasteiger partial charge in [-0.1, -0.05) is 43.6 Å². The number of halogens is 1. The van der Waals surface area contributed by atoms with Crippen LogP contribution in [0, 0.1) is 0 Å². The van der Waals surface area contributed by atoms with Crippen molar-refractivity contribution in [2.45, 2.75) is 20.8 Å². The molecule has 2 nitrogen and oxygen atoms in total.